The van der Waals surface area contributed by atoms with Crippen LogP contribution < -0.4 is 4.90 Å². The van der Waals surface area contributed by atoms with Crippen LogP contribution in [-0.4, -0.2) is 69.3 Å². The van der Waals surface area contributed by atoms with Crippen LogP contribution in [0, 0.1) is 5.82 Å². The smallest absolute Gasteiger partial charge is 0.123 e. The number of benzene rings is 1. The number of halogens is 1. The summed E-state index contributed by atoms with van der Waals surface area (Å²) in [6.45, 7) is 5.61. The Balaban J connectivity index is 1.72. The van der Waals surface area contributed by atoms with E-state index in [1.807, 2.05) is 20.2 Å². The van der Waals surface area contributed by atoms with Crippen LogP contribution in [0.1, 0.15) is 18.4 Å². The maximum atomic E-state index is 13.7. The van der Waals surface area contributed by atoms with Gasteiger partial charge in [0.15, 0.2) is 0 Å². The summed E-state index contributed by atoms with van der Waals surface area (Å²) < 4.78 is 19.9. The fourth-order valence-corrected chi connectivity index (χ4v) is 3.74. The predicted octanol–water partition coefficient (Wildman–Crippen LogP) is 2.19. The molecule has 0 unspecified atom stereocenters. The van der Waals surface area contributed by atoms with E-state index >= 15 is 0 Å². The standard InChI is InChI=1S/C18H28FN3O/c1-20(2)17-5-4-16(19)12-15(17)13-22-10-11-23-18(14-22)6-8-21(3)9-7-18/h4-5,12H,6-11,13-14H2,1-3H3. The first kappa shape index (κ1) is 16.7. The maximum absolute atomic E-state index is 13.7. The molecule has 0 aliphatic carbocycles. The lowest BCUT2D eigenvalue weighted by Crippen LogP contribution is -2.56. The van der Waals surface area contributed by atoms with Crippen molar-refractivity contribution in [2.75, 3.05) is 58.8 Å². The van der Waals surface area contributed by atoms with E-state index in [0.29, 0.717) is 0 Å². The van der Waals surface area contributed by atoms with Crippen molar-refractivity contribution in [3.05, 3.63) is 29.6 Å². The third-order valence-corrected chi connectivity index (χ3v) is 5.14. The predicted molar refractivity (Wildman–Crippen MR) is 91.4 cm³/mol. The third-order valence-electron chi connectivity index (χ3n) is 5.14. The molecular weight excluding hydrogens is 293 g/mol. The molecule has 2 aliphatic rings. The van der Waals surface area contributed by atoms with Crippen LogP contribution in [-0.2, 0) is 11.3 Å². The highest BCUT2D eigenvalue weighted by Gasteiger charge is 2.39. The van der Waals surface area contributed by atoms with E-state index in [1.165, 1.54) is 6.07 Å². The summed E-state index contributed by atoms with van der Waals surface area (Å²) in [6, 6.07) is 5.08. The summed E-state index contributed by atoms with van der Waals surface area (Å²) in [5.41, 5.74) is 2.14. The molecule has 0 aromatic heterocycles. The molecule has 0 bridgehead atoms. The van der Waals surface area contributed by atoms with Crippen molar-refractivity contribution in [2.45, 2.75) is 25.0 Å². The largest absolute Gasteiger partial charge is 0.377 e. The molecule has 3 rings (SSSR count). The van der Waals surface area contributed by atoms with E-state index in [0.717, 1.165) is 63.4 Å². The zero-order chi connectivity index (χ0) is 16.4. The number of piperidine rings is 1. The first-order valence-electron chi connectivity index (χ1n) is 8.48. The van der Waals surface area contributed by atoms with Gasteiger partial charge < -0.3 is 14.5 Å². The summed E-state index contributed by atoms with van der Waals surface area (Å²) in [5.74, 6) is -0.159. The Morgan fingerprint density at radius 2 is 1.96 bits per heavy atom. The number of hydrogen-bond donors (Lipinski definition) is 0. The highest BCUT2D eigenvalue weighted by molar-refractivity contribution is 5.52. The molecule has 0 saturated carbocycles. The van der Waals surface area contributed by atoms with Crippen molar-refractivity contribution < 1.29 is 9.13 Å². The lowest BCUT2D eigenvalue weighted by Gasteiger charge is -2.47. The van der Waals surface area contributed by atoms with Crippen LogP contribution in [0.25, 0.3) is 0 Å². The van der Waals surface area contributed by atoms with E-state index in [4.69, 9.17) is 4.74 Å². The fraction of sp³-hybridized carbons (Fsp3) is 0.667. The number of morpholine rings is 1. The van der Waals surface area contributed by atoms with Crippen molar-refractivity contribution in [1.82, 2.24) is 9.80 Å². The first-order valence-corrected chi connectivity index (χ1v) is 8.48. The topological polar surface area (TPSA) is 19.0 Å². The van der Waals surface area contributed by atoms with Gasteiger partial charge in [-0.2, -0.15) is 0 Å². The normalized spacial score (nSPS) is 22.4. The third kappa shape index (κ3) is 3.84. The Morgan fingerprint density at radius 1 is 1.22 bits per heavy atom. The second kappa shape index (κ2) is 6.75. The van der Waals surface area contributed by atoms with Gasteiger partial charge in [-0.1, -0.05) is 0 Å². The Labute approximate surface area is 138 Å². The molecule has 128 valence electrons. The van der Waals surface area contributed by atoms with Crippen molar-refractivity contribution >= 4 is 5.69 Å². The molecule has 0 radical (unpaired) electrons. The van der Waals surface area contributed by atoms with Gasteiger partial charge in [0.05, 0.1) is 12.2 Å². The minimum absolute atomic E-state index is 0.00361. The molecule has 0 N–H and O–H groups in total. The molecule has 1 aromatic rings. The molecule has 23 heavy (non-hydrogen) atoms. The van der Waals surface area contributed by atoms with Gasteiger partial charge in [-0.05, 0) is 43.7 Å². The minimum atomic E-state index is -0.159. The first-order chi connectivity index (χ1) is 11.0. The van der Waals surface area contributed by atoms with Gasteiger partial charge in [0.25, 0.3) is 0 Å². The number of likely N-dealkylation sites (tertiary alicyclic amines) is 1. The second-order valence-electron chi connectivity index (χ2n) is 7.21. The summed E-state index contributed by atoms with van der Waals surface area (Å²) >= 11 is 0. The van der Waals surface area contributed by atoms with E-state index in [1.54, 1.807) is 6.07 Å². The number of rotatable bonds is 3. The number of hydrogen-bond acceptors (Lipinski definition) is 4. The molecule has 1 spiro atoms. The Bertz CT molecular complexity index is 541. The molecule has 2 fully saturated rings. The summed E-state index contributed by atoms with van der Waals surface area (Å²) in [5, 5.41) is 0. The monoisotopic (exact) mass is 321 g/mol. The number of ether oxygens (including phenoxy) is 1. The van der Waals surface area contributed by atoms with Crippen molar-refractivity contribution in [3.8, 4) is 0 Å². The number of nitrogens with zero attached hydrogens (tertiary/aromatic N) is 3. The Kier molecular flexibility index (Phi) is 4.90. The highest BCUT2D eigenvalue weighted by Crippen LogP contribution is 2.31. The quantitative estimate of drug-likeness (QED) is 0.849. The molecule has 0 amide bonds. The van der Waals surface area contributed by atoms with E-state index < -0.39 is 0 Å². The second-order valence-corrected chi connectivity index (χ2v) is 7.21. The number of anilines is 1. The van der Waals surface area contributed by atoms with Crippen molar-refractivity contribution in [1.29, 1.82) is 0 Å². The molecule has 2 aliphatic heterocycles. The zero-order valence-corrected chi connectivity index (χ0v) is 14.5. The molecule has 4 nitrogen and oxygen atoms in total. The zero-order valence-electron chi connectivity index (χ0n) is 14.5. The van der Waals surface area contributed by atoms with E-state index in [9.17, 15) is 4.39 Å². The average molecular weight is 321 g/mol. The lowest BCUT2D eigenvalue weighted by molar-refractivity contribution is -0.135. The molecular formula is C18H28FN3O. The van der Waals surface area contributed by atoms with Gasteiger partial charge >= 0.3 is 0 Å². The summed E-state index contributed by atoms with van der Waals surface area (Å²) in [4.78, 5) is 6.85. The van der Waals surface area contributed by atoms with Crippen LogP contribution in [0.15, 0.2) is 18.2 Å². The SMILES string of the molecule is CN1CCC2(CC1)CN(Cc1cc(F)ccc1N(C)C)CCO2. The Hall–Kier alpha value is -1.17. The van der Waals surface area contributed by atoms with Gasteiger partial charge in [0, 0.05) is 52.5 Å². The lowest BCUT2D eigenvalue weighted by atomic mass is 9.89. The van der Waals surface area contributed by atoms with Crippen LogP contribution in [0.2, 0.25) is 0 Å². The van der Waals surface area contributed by atoms with Gasteiger partial charge in [0.2, 0.25) is 0 Å². The summed E-state index contributed by atoms with van der Waals surface area (Å²) in [6.07, 6.45) is 2.17. The maximum Gasteiger partial charge on any atom is 0.123 e. The van der Waals surface area contributed by atoms with Crippen LogP contribution >= 0.6 is 0 Å². The van der Waals surface area contributed by atoms with Crippen molar-refractivity contribution in [3.63, 3.8) is 0 Å². The molecule has 2 heterocycles. The van der Waals surface area contributed by atoms with Gasteiger partial charge in [0.1, 0.15) is 5.82 Å². The van der Waals surface area contributed by atoms with Gasteiger partial charge in [-0.25, -0.2) is 4.39 Å². The average Bonchev–Trinajstić information content (AvgIpc) is 2.51. The molecule has 5 heteroatoms. The minimum Gasteiger partial charge on any atom is -0.377 e. The molecule has 1 aromatic carbocycles. The van der Waals surface area contributed by atoms with Gasteiger partial charge in [-0.15, -0.1) is 0 Å². The fourth-order valence-electron chi connectivity index (χ4n) is 3.74. The Morgan fingerprint density at radius 3 is 2.65 bits per heavy atom. The van der Waals surface area contributed by atoms with E-state index in [2.05, 4.69) is 21.7 Å². The van der Waals surface area contributed by atoms with Crippen LogP contribution in [0.5, 0.6) is 0 Å². The van der Waals surface area contributed by atoms with Gasteiger partial charge in [-0.3, -0.25) is 4.90 Å². The molecule has 0 atom stereocenters. The summed E-state index contributed by atoms with van der Waals surface area (Å²) in [7, 11) is 6.19. The van der Waals surface area contributed by atoms with Crippen LogP contribution in [0.3, 0.4) is 0 Å². The van der Waals surface area contributed by atoms with Crippen LogP contribution in [0.4, 0.5) is 10.1 Å². The van der Waals surface area contributed by atoms with E-state index in [-0.39, 0.29) is 11.4 Å². The molecule has 2 saturated heterocycles. The van der Waals surface area contributed by atoms with Crippen molar-refractivity contribution in [2.24, 2.45) is 0 Å². The highest BCUT2D eigenvalue weighted by atomic mass is 19.1.